The Kier molecular flexibility index (Phi) is 7.02. The molecule has 2 rings (SSSR count). The van der Waals surface area contributed by atoms with Crippen molar-refractivity contribution in [3.05, 3.63) is 59.9 Å². The van der Waals surface area contributed by atoms with Gasteiger partial charge in [-0.1, -0.05) is 17.7 Å². The zero-order valence-electron chi connectivity index (χ0n) is 13.0. The number of aryl methyl sites for hydroxylation is 1. The molecule has 0 aliphatic heterocycles. The van der Waals surface area contributed by atoms with E-state index >= 15 is 0 Å². The predicted octanol–water partition coefficient (Wildman–Crippen LogP) is 1.07. The van der Waals surface area contributed by atoms with Gasteiger partial charge in [0.2, 0.25) is 0 Å². The molecule has 0 aliphatic rings. The van der Waals surface area contributed by atoms with E-state index in [0.29, 0.717) is 12.1 Å². The van der Waals surface area contributed by atoms with Crippen LogP contribution < -0.4 is 4.57 Å². The molecule has 6 nitrogen and oxygen atoms in total. The molecule has 0 unspecified atom stereocenters. The molecule has 1 aromatic carbocycles. The number of Topliss-reactive ketones (excluding diaryl/α,β-unsaturated/α-hetero) is 1. The van der Waals surface area contributed by atoms with Gasteiger partial charge in [-0.3, -0.25) is 4.79 Å². The quantitative estimate of drug-likeness (QED) is 0.511. The normalized spacial score (nSPS) is 10.6. The smallest absolute Gasteiger partial charge is 0.171 e. The van der Waals surface area contributed by atoms with Crippen LogP contribution in [-0.4, -0.2) is 30.5 Å². The van der Waals surface area contributed by atoms with Crippen molar-refractivity contribution in [3.8, 4) is 0 Å². The fourth-order valence-corrected chi connectivity index (χ4v) is 2.13. The minimum Gasteiger partial charge on any atom is -0.744 e. The molecule has 1 aromatic heterocycles. The highest BCUT2D eigenvalue weighted by atomic mass is 32.2. The lowest BCUT2D eigenvalue weighted by Gasteiger charge is -2.05. The van der Waals surface area contributed by atoms with Gasteiger partial charge in [0.15, 0.2) is 24.7 Å². The average molecular weight is 337 g/mol. The van der Waals surface area contributed by atoms with Gasteiger partial charge in [0.25, 0.3) is 0 Å². The van der Waals surface area contributed by atoms with E-state index in [1.807, 2.05) is 11.5 Å². The molecular weight excluding hydrogens is 318 g/mol. The molecular formula is C16H19NO5S. The van der Waals surface area contributed by atoms with E-state index in [-0.39, 0.29) is 17.3 Å². The van der Waals surface area contributed by atoms with Gasteiger partial charge in [-0.15, -0.1) is 0 Å². The maximum atomic E-state index is 10.9. The molecule has 0 bridgehead atoms. The van der Waals surface area contributed by atoms with Crippen LogP contribution in [-0.2, 0) is 16.7 Å². The van der Waals surface area contributed by atoms with Crippen molar-refractivity contribution in [2.75, 3.05) is 6.61 Å². The molecule has 0 aliphatic carbocycles. The van der Waals surface area contributed by atoms with Gasteiger partial charge in [-0.25, -0.2) is 13.0 Å². The van der Waals surface area contributed by atoms with Crippen LogP contribution in [0.25, 0.3) is 0 Å². The number of aliphatic hydroxyl groups is 1. The van der Waals surface area contributed by atoms with Gasteiger partial charge in [0.1, 0.15) is 16.7 Å². The molecule has 0 atom stereocenters. The SMILES string of the molecule is CC(=O)c1cc[n+](CCO)cc1.Cc1ccc(S(=O)(=O)[O-])cc1. The maximum Gasteiger partial charge on any atom is 0.171 e. The van der Waals surface area contributed by atoms with Crippen LogP contribution in [0.15, 0.2) is 53.7 Å². The molecule has 0 saturated carbocycles. The summed E-state index contributed by atoms with van der Waals surface area (Å²) in [6, 6.07) is 9.28. The molecule has 0 fully saturated rings. The Hall–Kier alpha value is -2.09. The van der Waals surface area contributed by atoms with E-state index in [1.165, 1.54) is 19.1 Å². The fraction of sp³-hybridized carbons (Fsp3) is 0.250. The molecule has 1 N–H and O–H groups in total. The molecule has 0 amide bonds. The van der Waals surface area contributed by atoms with Gasteiger partial charge in [0, 0.05) is 17.7 Å². The standard InChI is InChI=1S/C9H12NO2.C7H8O3S/c1-8(12)9-2-4-10(5-3-9)6-7-11;1-6-2-4-7(5-3-6)11(8,9)10/h2-5,11H,6-7H2,1H3;2-5H,1H3,(H,8,9,10)/q+1;/p-1. The van der Waals surface area contributed by atoms with Crippen molar-refractivity contribution in [1.82, 2.24) is 0 Å². The first-order valence-electron chi connectivity index (χ1n) is 6.87. The van der Waals surface area contributed by atoms with Crippen LogP contribution in [0.4, 0.5) is 0 Å². The molecule has 7 heteroatoms. The number of hydrogen-bond donors (Lipinski definition) is 1. The number of carbonyl (C=O) groups excluding carboxylic acids is 1. The molecule has 0 radical (unpaired) electrons. The second-order valence-electron chi connectivity index (χ2n) is 4.87. The highest BCUT2D eigenvalue weighted by molar-refractivity contribution is 7.85. The molecule has 1 heterocycles. The molecule has 2 aromatic rings. The van der Waals surface area contributed by atoms with Gasteiger partial charge in [-0.05, 0) is 26.0 Å². The van der Waals surface area contributed by atoms with Crippen LogP contribution in [0.5, 0.6) is 0 Å². The maximum absolute atomic E-state index is 10.9. The first-order chi connectivity index (χ1) is 10.7. The number of benzene rings is 1. The monoisotopic (exact) mass is 337 g/mol. The molecule has 23 heavy (non-hydrogen) atoms. The van der Waals surface area contributed by atoms with Crippen molar-refractivity contribution in [2.45, 2.75) is 25.3 Å². The Morgan fingerprint density at radius 3 is 2.04 bits per heavy atom. The molecule has 0 saturated heterocycles. The van der Waals surface area contributed by atoms with E-state index in [2.05, 4.69) is 0 Å². The number of carbonyl (C=O) groups is 1. The first-order valence-corrected chi connectivity index (χ1v) is 8.28. The highest BCUT2D eigenvalue weighted by Gasteiger charge is 2.02. The highest BCUT2D eigenvalue weighted by Crippen LogP contribution is 2.08. The van der Waals surface area contributed by atoms with E-state index in [4.69, 9.17) is 5.11 Å². The third kappa shape index (κ3) is 6.68. The largest absolute Gasteiger partial charge is 0.744 e. The van der Waals surface area contributed by atoms with Crippen LogP contribution >= 0.6 is 0 Å². The summed E-state index contributed by atoms with van der Waals surface area (Å²) in [5, 5.41) is 8.61. The number of pyridine rings is 1. The summed E-state index contributed by atoms with van der Waals surface area (Å²) in [6.07, 6.45) is 3.57. The topological polar surface area (TPSA) is 98.4 Å². The second-order valence-corrected chi connectivity index (χ2v) is 6.25. The minimum absolute atomic E-state index is 0.0612. The summed E-state index contributed by atoms with van der Waals surface area (Å²) >= 11 is 0. The van der Waals surface area contributed by atoms with E-state index in [9.17, 15) is 17.8 Å². The van der Waals surface area contributed by atoms with Gasteiger partial charge in [0.05, 0.1) is 4.90 Å². The van der Waals surface area contributed by atoms with Crippen molar-refractivity contribution in [2.24, 2.45) is 0 Å². The predicted molar refractivity (Wildman–Crippen MR) is 82.9 cm³/mol. The second kappa shape index (κ2) is 8.52. The minimum atomic E-state index is -4.27. The zero-order chi connectivity index (χ0) is 17.5. The number of aliphatic hydroxyl groups excluding tert-OH is 1. The van der Waals surface area contributed by atoms with Crippen LogP contribution in [0.1, 0.15) is 22.8 Å². The lowest BCUT2D eigenvalue weighted by Crippen LogP contribution is -2.34. The zero-order valence-corrected chi connectivity index (χ0v) is 13.8. The summed E-state index contributed by atoms with van der Waals surface area (Å²) in [5.41, 5.74) is 1.63. The summed E-state index contributed by atoms with van der Waals surface area (Å²) in [6.45, 7) is 4.04. The number of ketones is 1. The van der Waals surface area contributed by atoms with E-state index in [0.717, 1.165) is 5.56 Å². The van der Waals surface area contributed by atoms with Crippen LogP contribution in [0.3, 0.4) is 0 Å². The Bertz CT molecular complexity index is 737. The number of hydrogen-bond acceptors (Lipinski definition) is 5. The van der Waals surface area contributed by atoms with E-state index < -0.39 is 10.1 Å². The van der Waals surface area contributed by atoms with Gasteiger partial charge >= 0.3 is 0 Å². The average Bonchev–Trinajstić information content (AvgIpc) is 2.48. The fourth-order valence-electron chi connectivity index (χ4n) is 1.66. The Morgan fingerprint density at radius 1 is 1.13 bits per heavy atom. The Balaban J connectivity index is 0.000000231. The van der Waals surface area contributed by atoms with Crippen LogP contribution in [0.2, 0.25) is 0 Å². The number of aromatic nitrogens is 1. The van der Waals surface area contributed by atoms with Gasteiger partial charge in [-0.2, -0.15) is 0 Å². The number of rotatable bonds is 4. The van der Waals surface area contributed by atoms with Crippen molar-refractivity contribution in [1.29, 1.82) is 0 Å². The third-order valence-corrected chi connectivity index (χ3v) is 3.82. The third-order valence-electron chi connectivity index (χ3n) is 2.97. The Morgan fingerprint density at radius 2 is 1.65 bits per heavy atom. The van der Waals surface area contributed by atoms with Crippen molar-refractivity contribution in [3.63, 3.8) is 0 Å². The summed E-state index contributed by atoms with van der Waals surface area (Å²) in [4.78, 5) is 10.7. The summed E-state index contributed by atoms with van der Waals surface area (Å²) < 4.78 is 33.0. The van der Waals surface area contributed by atoms with Gasteiger partial charge < -0.3 is 9.66 Å². The molecule has 0 spiro atoms. The summed E-state index contributed by atoms with van der Waals surface area (Å²) in [5.74, 6) is 0.0612. The van der Waals surface area contributed by atoms with Crippen LogP contribution in [0, 0.1) is 6.92 Å². The molecule has 124 valence electrons. The van der Waals surface area contributed by atoms with Crippen molar-refractivity contribution >= 4 is 15.9 Å². The lowest BCUT2D eigenvalue weighted by molar-refractivity contribution is -0.698. The summed E-state index contributed by atoms with van der Waals surface area (Å²) in [7, 11) is -4.27. The number of nitrogens with zero attached hydrogens (tertiary/aromatic N) is 1. The van der Waals surface area contributed by atoms with Crippen molar-refractivity contribution < 1.29 is 27.4 Å². The van der Waals surface area contributed by atoms with E-state index in [1.54, 1.807) is 36.7 Å². The Labute approximate surface area is 135 Å². The first kappa shape index (κ1) is 19.0. The lowest BCUT2D eigenvalue weighted by atomic mass is 10.2.